The van der Waals surface area contributed by atoms with E-state index in [4.69, 9.17) is 11.6 Å². The number of piperidine rings is 1. The number of hydrogen-bond donors (Lipinski definition) is 1. The van der Waals surface area contributed by atoms with Gasteiger partial charge in [0.1, 0.15) is 6.04 Å². The third-order valence-corrected chi connectivity index (χ3v) is 3.75. The SMILES string of the molecule is O=C(NCc1ccc(Cl)cc1)N1CCCCC1C(F)(F)F. The molecule has 0 spiro atoms. The average molecular weight is 321 g/mol. The van der Waals surface area contributed by atoms with E-state index < -0.39 is 18.2 Å². The molecule has 0 radical (unpaired) electrons. The van der Waals surface area contributed by atoms with Crippen LogP contribution in [0.2, 0.25) is 5.02 Å². The predicted molar refractivity (Wildman–Crippen MR) is 74.1 cm³/mol. The Morgan fingerprint density at radius 1 is 1.29 bits per heavy atom. The number of alkyl halides is 3. The number of likely N-dealkylation sites (tertiary alicyclic amines) is 1. The zero-order chi connectivity index (χ0) is 15.5. The Morgan fingerprint density at radius 2 is 1.95 bits per heavy atom. The second-order valence-corrected chi connectivity index (χ2v) is 5.47. The van der Waals surface area contributed by atoms with Crippen LogP contribution in [0.1, 0.15) is 24.8 Å². The normalized spacial score (nSPS) is 19.4. The van der Waals surface area contributed by atoms with E-state index in [2.05, 4.69) is 5.32 Å². The summed E-state index contributed by atoms with van der Waals surface area (Å²) in [5.74, 6) is 0. The van der Waals surface area contributed by atoms with Gasteiger partial charge in [-0.1, -0.05) is 23.7 Å². The van der Waals surface area contributed by atoms with Crippen LogP contribution in [0.25, 0.3) is 0 Å². The Morgan fingerprint density at radius 3 is 2.57 bits per heavy atom. The van der Waals surface area contributed by atoms with Crippen LogP contribution in [0, 0.1) is 0 Å². The van der Waals surface area contributed by atoms with Crippen LogP contribution in [0.4, 0.5) is 18.0 Å². The Labute approximate surface area is 126 Å². The minimum Gasteiger partial charge on any atom is -0.334 e. The minimum absolute atomic E-state index is 0.0299. The molecule has 7 heteroatoms. The van der Waals surface area contributed by atoms with Gasteiger partial charge in [0.15, 0.2) is 0 Å². The zero-order valence-corrected chi connectivity index (χ0v) is 12.0. The molecule has 0 bridgehead atoms. The quantitative estimate of drug-likeness (QED) is 0.878. The summed E-state index contributed by atoms with van der Waals surface area (Å²) in [6.07, 6.45) is -3.32. The maximum atomic E-state index is 12.9. The van der Waals surface area contributed by atoms with Crippen LogP contribution >= 0.6 is 11.6 Å². The van der Waals surface area contributed by atoms with Crippen LogP contribution in [-0.4, -0.2) is 29.7 Å². The fraction of sp³-hybridized carbons (Fsp3) is 0.500. The number of rotatable bonds is 2. The molecule has 0 saturated carbocycles. The molecule has 1 aromatic rings. The van der Waals surface area contributed by atoms with Gasteiger partial charge >= 0.3 is 12.2 Å². The third-order valence-electron chi connectivity index (χ3n) is 3.50. The molecule has 1 saturated heterocycles. The minimum atomic E-state index is -4.38. The molecule has 0 aliphatic carbocycles. The van der Waals surface area contributed by atoms with Gasteiger partial charge < -0.3 is 10.2 Å². The number of benzene rings is 1. The molecule has 2 rings (SSSR count). The summed E-state index contributed by atoms with van der Waals surface area (Å²) in [5.41, 5.74) is 0.785. The highest BCUT2D eigenvalue weighted by Crippen LogP contribution is 2.31. The van der Waals surface area contributed by atoms with Gasteiger partial charge in [-0.2, -0.15) is 13.2 Å². The fourth-order valence-corrected chi connectivity index (χ4v) is 2.52. The van der Waals surface area contributed by atoms with E-state index in [1.807, 2.05) is 0 Å². The molecule has 0 aromatic heterocycles. The molecule has 1 N–H and O–H groups in total. The summed E-state index contributed by atoms with van der Waals surface area (Å²) in [6.45, 7) is 0.313. The maximum Gasteiger partial charge on any atom is 0.408 e. The summed E-state index contributed by atoms with van der Waals surface area (Å²) >= 11 is 5.74. The highest BCUT2D eigenvalue weighted by Gasteiger charge is 2.46. The largest absolute Gasteiger partial charge is 0.408 e. The monoisotopic (exact) mass is 320 g/mol. The van der Waals surface area contributed by atoms with E-state index in [-0.39, 0.29) is 19.5 Å². The van der Waals surface area contributed by atoms with Gasteiger partial charge in [-0.3, -0.25) is 0 Å². The number of halogens is 4. The highest BCUT2D eigenvalue weighted by atomic mass is 35.5. The van der Waals surface area contributed by atoms with Crippen LogP contribution < -0.4 is 5.32 Å². The Bertz CT molecular complexity index is 490. The van der Waals surface area contributed by atoms with Crippen molar-refractivity contribution in [3.63, 3.8) is 0 Å². The Hall–Kier alpha value is -1.43. The van der Waals surface area contributed by atoms with Crippen molar-refractivity contribution in [1.29, 1.82) is 0 Å². The molecule has 2 amide bonds. The molecular weight excluding hydrogens is 305 g/mol. The first-order valence-electron chi connectivity index (χ1n) is 6.73. The topological polar surface area (TPSA) is 32.3 Å². The van der Waals surface area contributed by atoms with Crippen LogP contribution in [-0.2, 0) is 6.54 Å². The van der Waals surface area contributed by atoms with E-state index in [9.17, 15) is 18.0 Å². The highest BCUT2D eigenvalue weighted by molar-refractivity contribution is 6.30. The third kappa shape index (κ3) is 4.27. The Kier molecular flexibility index (Phi) is 4.98. The van der Waals surface area contributed by atoms with Crippen molar-refractivity contribution < 1.29 is 18.0 Å². The summed E-state index contributed by atoms with van der Waals surface area (Å²) < 4.78 is 38.8. The van der Waals surface area contributed by atoms with Crippen molar-refractivity contribution in [3.05, 3.63) is 34.9 Å². The first-order valence-corrected chi connectivity index (χ1v) is 7.11. The van der Waals surface area contributed by atoms with E-state index in [1.54, 1.807) is 24.3 Å². The smallest absolute Gasteiger partial charge is 0.334 e. The summed E-state index contributed by atoms with van der Waals surface area (Å²) in [7, 11) is 0. The molecule has 1 fully saturated rings. The molecule has 1 aliphatic rings. The van der Waals surface area contributed by atoms with Gasteiger partial charge in [0, 0.05) is 18.1 Å². The van der Waals surface area contributed by atoms with Crippen LogP contribution in [0.3, 0.4) is 0 Å². The number of carbonyl (C=O) groups excluding carboxylic acids is 1. The number of carbonyl (C=O) groups is 1. The number of nitrogens with zero attached hydrogens (tertiary/aromatic N) is 1. The number of hydrogen-bond acceptors (Lipinski definition) is 1. The summed E-state index contributed by atoms with van der Waals surface area (Å²) in [5, 5.41) is 3.10. The van der Waals surface area contributed by atoms with Gasteiger partial charge in [0.05, 0.1) is 0 Å². The summed E-state index contributed by atoms with van der Waals surface area (Å²) in [6, 6.07) is 4.42. The number of urea groups is 1. The molecule has 1 aromatic carbocycles. The molecule has 1 aliphatic heterocycles. The van der Waals surface area contributed by atoms with Crippen LogP contribution in [0.15, 0.2) is 24.3 Å². The predicted octanol–water partition coefficient (Wildman–Crippen LogP) is 3.97. The average Bonchev–Trinajstić information content (AvgIpc) is 2.45. The lowest BCUT2D eigenvalue weighted by Gasteiger charge is -2.36. The van der Waals surface area contributed by atoms with Crippen LogP contribution in [0.5, 0.6) is 0 Å². The van der Waals surface area contributed by atoms with Gasteiger partial charge in [0.25, 0.3) is 0 Å². The maximum absolute atomic E-state index is 12.9. The molecule has 1 unspecified atom stereocenters. The first kappa shape index (κ1) is 15.9. The van der Waals surface area contributed by atoms with Gasteiger partial charge in [-0.25, -0.2) is 4.79 Å². The lowest BCUT2D eigenvalue weighted by atomic mass is 10.0. The van der Waals surface area contributed by atoms with Crippen molar-refractivity contribution in [2.24, 2.45) is 0 Å². The van der Waals surface area contributed by atoms with Crippen molar-refractivity contribution in [2.75, 3.05) is 6.54 Å². The molecule has 116 valence electrons. The second kappa shape index (κ2) is 6.56. The number of nitrogens with one attached hydrogen (secondary N) is 1. The van der Waals surface area contributed by atoms with E-state index in [1.165, 1.54) is 0 Å². The van der Waals surface area contributed by atoms with Gasteiger partial charge in [-0.05, 0) is 37.0 Å². The molecular formula is C14H16ClF3N2O. The Balaban J connectivity index is 1.96. The van der Waals surface area contributed by atoms with Crippen molar-refractivity contribution in [2.45, 2.75) is 38.0 Å². The lowest BCUT2D eigenvalue weighted by molar-refractivity contribution is -0.182. The fourth-order valence-electron chi connectivity index (χ4n) is 2.40. The standard InChI is InChI=1S/C14H16ClF3N2O/c15-11-6-4-10(5-7-11)9-19-13(21)20-8-2-1-3-12(20)14(16,17)18/h4-7,12H,1-3,8-9H2,(H,19,21). The zero-order valence-electron chi connectivity index (χ0n) is 11.3. The van der Waals surface area contributed by atoms with E-state index in [0.29, 0.717) is 17.9 Å². The molecule has 1 heterocycles. The number of amides is 2. The second-order valence-electron chi connectivity index (χ2n) is 5.03. The molecule has 1 atom stereocenters. The van der Waals surface area contributed by atoms with Crippen molar-refractivity contribution in [1.82, 2.24) is 10.2 Å². The van der Waals surface area contributed by atoms with E-state index in [0.717, 1.165) is 10.5 Å². The van der Waals surface area contributed by atoms with Gasteiger partial charge in [0.2, 0.25) is 0 Å². The van der Waals surface area contributed by atoms with Crippen molar-refractivity contribution >= 4 is 17.6 Å². The van der Waals surface area contributed by atoms with E-state index >= 15 is 0 Å². The molecule has 21 heavy (non-hydrogen) atoms. The first-order chi connectivity index (χ1) is 9.88. The van der Waals surface area contributed by atoms with Gasteiger partial charge in [-0.15, -0.1) is 0 Å². The molecule has 3 nitrogen and oxygen atoms in total. The lowest BCUT2D eigenvalue weighted by Crippen LogP contribution is -2.54. The summed E-state index contributed by atoms with van der Waals surface area (Å²) in [4.78, 5) is 12.9. The van der Waals surface area contributed by atoms with Crippen molar-refractivity contribution in [3.8, 4) is 0 Å².